The number of fused-ring (bicyclic) bond motifs is 1. The van der Waals surface area contributed by atoms with Crippen molar-refractivity contribution in [2.75, 3.05) is 10.6 Å². The van der Waals surface area contributed by atoms with Crippen LogP contribution in [0, 0.1) is 0 Å². The van der Waals surface area contributed by atoms with Crippen LogP contribution in [0.15, 0.2) is 78.9 Å². The van der Waals surface area contributed by atoms with Crippen molar-refractivity contribution in [3.8, 4) is 0 Å². The van der Waals surface area contributed by atoms with Crippen molar-refractivity contribution in [1.29, 1.82) is 0 Å². The Labute approximate surface area is 177 Å². The van der Waals surface area contributed by atoms with Crippen LogP contribution in [0.4, 0.5) is 5.69 Å². The number of hydrogen-bond donors (Lipinski definition) is 1. The molecule has 0 bridgehead atoms. The van der Waals surface area contributed by atoms with Crippen LogP contribution in [0.3, 0.4) is 0 Å². The van der Waals surface area contributed by atoms with Crippen molar-refractivity contribution in [3.63, 3.8) is 0 Å². The predicted octanol–water partition coefficient (Wildman–Crippen LogP) is 3.92. The SMILES string of the molecule is C[C@@H]1Cc2cc(C(=O)NC(c3ccccc3)c3ccccc3)ccc2N1S(C)(=O)=O. The molecule has 0 spiro atoms. The summed E-state index contributed by atoms with van der Waals surface area (Å²) in [6, 6.07) is 24.5. The molecule has 0 aromatic heterocycles. The summed E-state index contributed by atoms with van der Waals surface area (Å²) in [5.41, 5.74) is 4.04. The van der Waals surface area contributed by atoms with E-state index in [2.05, 4.69) is 5.32 Å². The molecule has 0 saturated carbocycles. The highest BCUT2D eigenvalue weighted by molar-refractivity contribution is 7.92. The molecular weight excluding hydrogens is 396 g/mol. The van der Waals surface area contributed by atoms with E-state index in [9.17, 15) is 13.2 Å². The molecule has 30 heavy (non-hydrogen) atoms. The Morgan fingerprint density at radius 1 is 0.967 bits per heavy atom. The molecule has 0 unspecified atom stereocenters. The van der Waals surface area contributed by atoms with Crippen LogP contribution in [0.5, 0.6) is 0 Å². The first-order chi connectivity index (χ1) is 14.3. The lowest BCUT2D eigenvalue weighted by Gasteiger charge is -2.22. The first-order valence-corrected chi connectivity index (χ1v) is 11.7. The molecule has 4 rings (SSSR count). The second-order valence-electron chi connectivity index (χ2n) is 7.68. The third-order valence-electron chi connectivity index (χ3n) is 5.39. The third kappa shape index (κ3) is 3.96. The normalized spacial score (nSPS) is 15.8. The van der Waals surface area contributed by atoms with Crippen LogP contribution in [0.2, 0.25) is 0 Å². The van der Waals surface area contributed by atoms with Crippen LogP contribution in [0.1, 0.15) is 40.0 Å². The van der Waals surface area contributed by atoms with Gasteiger partial charge in [0.2, 0.25) is 10.0 Å². The lowest BCUT2D eigenvalue weighted by Crippen LogP contribution is -2.34. The van der Waals surface area contributed by atoms with E-state index in [1.807, 2.05) is 67.6 Å². The van der Waals surface area contributed by atoms with Crippen molar-refractivity contribution >= 4 is 21.6 Å². The van der Waals surface area contributed by atoms with E-state index in [0.29, 0.717) is 17.7 Å². The molecular formula is C24H24N2O3S. The van der Waals surface area contributed by atoms with Gasteiger partial charge >= 0.3 is 0 Å². The zero-order valence-electron chi connectivity index (χ0n) is 16.9. The Bertz CT molecular complexity index is 1120. The highest BCUT2D eigenvalue weighted by Crippen LogP contribution is 2.35. The van der Waals surface area contributed by atoms with Crippen molar-refractivity contribution in [2.24, 2.45) is 0 Å². The number of nitrogens with zero attached hydrogens (tertiary/aromatic N) is 1. The van der Waals surface area contributed by atoms with Gasteiger partial charge in [0.15, 0.2) is 0 Å². The van der Waals surface area contributed by atoms with Crippen molar-refractivity contribution in [1.82, 2.24) is 5.32 Å². The lowest BCUT2D eigenvalue weighted by atomic mass is 9.98. The molecule has 5 nitrogen and oxygen atoms in total. The van der Waals surface area contributed by atoms with Gasteiger partial charge in [0.05, 0.1) is 18.0 Å². The van der Waals surface area contributed by atoms with E-state index in [4.69, 9.17) is 0 Å². The molecule has 1 aliphatic heterocycles. The van der Waals surface area contributed by atoms with E-state index in [0.717, 1.165) is 16.7 Å². The average molecular weight is 421 g/mol. The highest BCUT2D eigenvalue weighted by Gasteiger charge is 2.33. The molecule has 0 fully saturated rings. The standard InChI is InChI=1S/C24H24N2O3S/c1-17-15-21-16-20(13-14-22(21)26(17)30(2,28)29)24(27)25-23(18-9-5-3-6-10-18)19-11-7-4-8-12-19/h3-14,16-17,23H,15H2,1-2H3,(H,25,27)/t17-/m1/s1. The molecule has 3 aromatic rings. The van der Waals surface area contributed by atoms with E-state index in [-0.39, 0.29) is 18.0 Å². The van der Waals surface area contributed by atoms with Gasteiger partial charge in [-0.05, 0) is 48.2 Å². The van der Waals surface area contributed by atoms with Gasteiger partial charge in [0, 0.05) is 11.6 Å². The van der Waals surface area contributed by atoms with Gasteiger partial charge in [-0.15, -0.1) is 0 Å². The molecule has 0 aliphatic carbocycles. The van der Waals surface area contributed by atoms with Gasteiger partial charge < -0.3 is 5.32 Å². The second-order valence-corrected chi connectivity index (χ2v) is 9.54. The zero-order valence-corrected chi connectivity index (χ0v) is 17.8. The summed E-state index contributed by atoms with van der Waals surface area (Å²) in [5, 5.41) is 3.14. The maximum absolute atomic E-state index is 13.1. The number of carbonyl (C=O) groups is 1. The number of hydrogen-bond acceptors (Lipinski definition) is 3. The molecule has 1 atom stereocenters. The van der Waals surface area contributed by atoms with Gasteiger partial charge in [0.1, 0.15) is 0 Å². The summed E-state index contributed by atoms with van der Waals surface area (Å²) < 4.78 is 25.7. The van der Waals surface area contributed by atoms with Crippen LogP contribution in [-0.2, 0) is 16.4 Å². The molecule has 1 aliphatic rings. The van der Waals surface area contributed by atoms with Gasteiger partial charge in [-0.25, -0.2) is 8.42 Å². The Morgan fingerprint density at radius 2 is 1.53 bits per heavy atom. The third-order valence-corrected chi connectivity index (χ3v) is 6.66. The minimum atomic E-state index is -3.36. The number of sulfonamides is 1. The smallest absolute Gasteiger partial charge is 0.252 e. The summed E-state index contributed by atoms with van der Waals surface area (Å²) >= 11 is 0. The van der Waals surface area contributed by atoms with Gasteiger partial charge in [-0.3, -0.25) is 9.10 Å². The number of carbonyl (C=O) groups excluding carboxylic acids is 1. The minimum Gasteiger partial charge on any atom is -0.341 e. The van der Waals surface area contributed by atoms with Gasteiger partial charge in [-0.1, -0.05) is 60.7 Å². The number of benzene rings is 3. The van der Waals surface area contributed by atoms with Crippen LogP contribution >= 0.6 is 0 Å². The topological polar surface area (TPSA) is 66.5 Å². The molecule has 1 amide bonds. The summed E-state index contributed by atoms with van der Waals surface area (Å²) in [5.74, 6) is -0.194. The largest absolute Gasteiger partial charge is 0.341 e. The van der Waals surface area contributed by atoms with Crippen molar-refractivity contribution < 1.29 is 13.2 Å². The Balaban J connectivity index is 1.64. The average Bonchev–Trinajstić information content (AvgIpc) is 3.08. The first-order valence-electron chi connectivity index (χ1n) is 9.87. The van der Waals surface area contributed by atoms with Crippen LogP contribution in [0.25, 0.3) is 0 Å². The zero-order chi connectivity index (χ0) is 21.3. The molecule has 1 heterocycles. The maximum Gasteiger partial charge on any atom is 0.252 e. The molecule has 1 N–H and O–H groups in total. The van der Waals surface area contributed by atoms with Gasteiger partial charge in [-0.2, -0.15) is 0 Å². The predicted molar refractivity (Wildman–Crippen MR) is 119 cm³/mol. The van der Waals surface area contributed by atoms with Crippen molar-refractivity contribution in [2.45, 2.75) is 25.4 Å². The molecule has 0 radical (unpaired) electrons. The monoisotopic (exact) mass is 420 g/mol. The molecule has 0 saturated heterocycles. The fraction of sp³-hybridized carbons (Fsp3) is 0.208. The molecule has 154 valence electrons. The van der Waals surface area contributed by atoms with Gasteiger partial charge in [0.25, 0.3) is 5.91 Å². The molecule has 6 heteroatoms. The first kappa shape index (κ1) is 20.2. The van der Waals surface area contributed by atoms with E-state index < -0.39 is 10.0 Å². The number of rotatable bonds is 5. The summed E-state index contributed by atoms with van der Waals surface area (Å²) in [7, 11) is -3.36. The number of anilines is 1. The Kier molecular flexibility index (Phi) is 5.35. The summed E-state index contributed by atoms with van der Waals surface area (Å²) in [4.78, 5) is 13.1. The second kappa shape index (κ2) is 7.95. The fourth-order valence-corrected chi connectivity index (χ4v) is 5.38. The summed E-state index contributed by atoms with van der Waals surface area (Å²) in [6.45, 7) is 1.88. The highest BCUT2D eigenvalue weighted by atomic mass is 32.2. The molecule has 3 aromatic carbocycles. The number of nitrogens with one attached hydrogen (secondary N) is 1. The van der Waals surface area contributed by atoms with E-state index >= 15 is 0 Å². The van der Waals surface area contributed by atoms with E-state index in [1.54, 1.807) is 18.2 Å². The van der Waals surface area contributed by atoms with Crippen molar-refractivity contribution in [3.05, 3.63) is 101 Å². The fourth-order valence-electron chi connectivity index (χ4n) is 4.11. The van der Waals surface area contributed by atoms with Crippen LogP contribution in [-0.4, -0.2) is 26.6 Å². The lowest BCUT2D eigenvalue weighted by molar-refractivity contribution is 0.0943. The minimum absolute atomic E-state index is 0.158. The Morgan fingerprint density at radius 3 is 2.07 bits per heavy atom. The van der Waals surface area contributed by atoms with E-state index in [1.165, 1.54) is 10.6 Å². The van der Waals surface area contributed by atoms with Crippen LogP contribution < -0.4 is 9.62 Å². The Hall–Kier alpha value is -3.12. The number of amides is 1. The summed E-state index contributed by atoms with van der Waals surface area (Å²) in [6.07, 6.45) is 1.80. The maximum atomic E-state index is 13.1. The quantitative estimate of drug-likeness (QED) is 0.680.